The Bertz CT molecular complexity index is 853. The number of hydrogen-bond acceptors (Lipinski definition) is 3. The van der Waals surface area contributed by atoms with Crippen LogP contribution in [0.1, 0.15) is 23.1 Å². The van der Waals surface area contributed by atoms with Crippen molar-refractivity contribution in [1.82, 2.24) is 10.6 Å². The summed E-state index contributed by atoms with van der Waals surface area (Å²) >= 11 is 0. The molecule has 0 bridgehead atoms. The van der Waals surface area contributed by atoms with Crippen LogP contribution < -0.4 is 10.6 Å². The minimum Gasteiger partial charge on any atom is -0.356 e. The Hall–Kier alpha value is -1.61. The Morgan fingerprint density at radius 3 is 2.37 bits per heavy atom. The SMILES string of the molecule is CN=C(NCCCS(=O)(=O)c1ccccc1)NCc1ccc(C)cc1C.I. The highest BCUT2D eigenvalue weighted by Gasteiger charge is 2.13. The number of nitrogens with zero attached hydrogens (tertiary/aromatic N) is 1. The lowest BCUT2D eigenvalue weighted by Gasteiger charge is -2.13. The van der Waals surface area contributed by atoms with Crippen LogP contribution in [-0.2, 0) is 16.4 Å². The van der Waals surface area contributed by atoms with E-state index in [0.29, 0.717) is 30.4 Å². The van der Waals surface area contributed by atoms with E-state index in [1.165, 1.54) is 16.7 Å². The highest BCUT2D eigenvalue weighted by atomic mass is 127. The molecule has 2 aromatic carbocycles. The fourth-order valence-electron chi connectivity index (χ4n) is 2.66. The van der Waals surface area contributed by atoms with Crippen molar-refractivity contribution < 1.29 is 8.42 Å². The lowest BCUT2D eigenvalue weighted by molar-refractivity contribution is 0.592. The Labute approximate surface area is 179 Å². The highest BCUT2D eigenvalue weighted by Crippen LogP contribution is 2.11. The lowest BCUT2D eigenvalue weighted by atomic mass is 10.1. The summed E-state index contributed by atoms with van der Waals surface area (Å²) in [4.78, 5) is 4.56. The summed E-state index contributed by atoms with van der Waals surface area (Å²) < 4.78 is 24.5. The van der Waals surface area contributed by atoms with Crippen molar-refractivity contribution in [2.45, 2.75) is 31.7 Å². The maximum atomic E-state index is 12.2. The molecule has 0 saturated heterocycles. The Kier molecular flexibility index (Phi) is 9.79. The van der Waals surface area contributed by atoms with Gasteiger partial charge in [0.25, 0.3) is 0 Å². The topological polar surface area (TPSA) is 70.6 Å². The number of aliphatic imine (C=N–C) groups is 1. The first-order valence-corrected chi connectivity index (χ1v) is 10.4. The third-order valence-corrected chi connectivity index (χ3v) is 5.97. The summed E-state index contributed by atoms with van der Waals surface area (Å²) in [6.07, 6.45) is 0.515. The van der Waals surface area contributed by atoms with E-state index in [4.69, 9.17) is 0 Å². The Morgan fingerprint density at radius 2 is 1.74 bits per heavy atom. The number of rotatable bonds is 7. The quantitative estimate of drug-likeness (QED) is 0.264. The standard InChI is InChI=1S/C20H27N3O2S.HI/c1-16-10-11-18(17(2)14-16)15-23-20(21-3)22-12-7-13-26(24,25)19-8-5-4-6-9-19;/h4-6,8-11,14H,7,12-13,15H2,1-3H3,(H2,21,22,23);1H. The molecule has 0 fully saturated rings. The van der Waals surface area contributed by atoms with Gasteiger partial charge in [0, 0.05) is 20.1 Å². The molecule has 0 saturated carbocycles. The summed E-state index contributed by atoms with van der Waals surface area (Å²) in [6, 6.07) is 14.9. The predicted molar refractivity (Wildman–Crippen MR) is 123 cm³/mol. The van der Waals surface area contributed by atoms with Crippen LogP contribution in [0.15, 0.2) is 58.4 Å². The zero-order valence-corrected chi connectivity index (χ0v) is 19.2. The maximum absolute atomic E-state index is 12.2. The van der Waals surface area contributed by atoms with Crippen LogP contribution in [0.5, 0.6) is 0 Å². The van der Waals surface area contributed by atoms with Crippen molar-refractivity contribution in [1.29, 1.82) is 0 Å². The van der Waals surface area contributed by atoms with Gasteiger partial charge in [0.05, 0.1) is 10.6 Å². The molecule has 0 aliphatic rings. The van der Waals surface area contributed by atoms with Gasteiger partial charge in [0.2, 0.25) is 0 Å². The van der Waals surface area contributed by atoms with Gasteiger partial charge in [-0.05, 0) is 43.5 Å². The maximum Gasteiger partial charge on any atom is 0.191 e. The van der Waals surface area contributed by atoms with Crippen molar-refractivity contribution in [2.75, 3.05) is 19.3 Å². The number of aryl methyl sites for hydroxylation is 2. The molecule has 0 aliphatic heterocycles. The van der Waals surface area contributed by atoms with Gasteiger partial charge in [-0.2, -0.15) is 0 Å². The summed E-state index contributed by atoms with van der Waals surface area (Å²) in [5.41, 5.74) is 3.69. The first-order valence-electron chi connectivity index (χ1n) is 8.71. The smallest absolute Gasteiger partial charge is 0.191 e. The van der Waals surface area contributed by atoms with Crippen molar-refractivity contribution in [3.05, 3.63) is 65.2 Å². The van der Waals surface area contributed by atoms with Gasteiger partial charge >= 0.3 is 0 Å². The minimum absolute atomic E-state index is 0. The van der Waals surface area contributed by atoms with E-state index >= 15 is 0 Å². The van der Waals surface area contributed by atoms with Crippen molar-refractivity contribution >= 4 is 39.8 Å². The van der Waals surface area contributed by atoms with Crippen LogP contribution in [0.25, 0.3) is 0 Å². The molecule has 5 nitrogen and oxygen atoms in total. The molecule has 2 N–H and O–H groups in total. The fraction of sp³-hybridized carbons (Fsp3) is 0.350. The average Bonchev–Trinajstić information content (AvgIpc) is 2.63. The van der Waals surface area contributed by atoms with Crippen LogP contribution in [-0.4, -0.2) is 33.7 Å². The number of benzene rings is 2. The van der Waals surface area contributed by atoms with Gasteiger partial charge < -0.3 is 10.6 Å². The van der Waals surface area contributed by atoms with E-state index in [1.54, 1.807) is 31.3 Å². The van der Waals surface area contributed by atoms with E-state index in [2.05, 4.69) is 47.7 Å². The Morgan fingerprint density at radius 1 is 1.04 bits per heavy atom. The van der Waals surface area contributed by atoms with Gasteiger partial charge in [-0.1, -0.05) is 42.0 Å². The summed E-state index contributed by atoms with van der Waals surface area (Å²) in [5.74, 6) is 0.778. The van der Waals surface area contributed by atoms with Gasteiger partial charge in [0.1, 0.15) is 0 Å². The molecule has 7 heteroatoms. The molecule has 0 spiro atoms. The monoisotopic (exact) mass is 501 g/mol. The van der Waals surface area contributed by atoms with Crippen molar-refractivity contribution in [2.24, 2.45) is 4.99 Å². The van der Waals surface area contributed by atoms with E-state index in [-0.39, 0.29) is 29.7 Å². The van der Waals surface area contributed by atoms with Crippen LogP contribution in [0.2, 0.25) is 0 Å². The molecular formula is C20H28IN3O2S. The largest absolute Gasteiger partial charge is 0.356 e. The molecule has 0 aromatic heterocycles. The fourth-order valence-corrected chi connectivity index (χ4v) is 3.99. The molecule has 27 heavy (non-hydrogen) atoms. The van der Waals surface area contributed by atoms with Gasteiger partial charge in [-0.3, -0.25) is 4.99 Å². The second kappa shape index (κ2) is 11.3. The first-order chi connectivity index (χ1) is 12.4. The first kappa shape index (κ1) is 23.4. The zero-order valence-electron chi connectivity index (χ0n) is 16.0. The van der Waals surface area contributed by atoms with Crippen LogP contribution in [0.4, 0.5) is 0 Å². The van der Waals surface area contributed by atoms with E-state index in [9.17, 15) is 8.42 Å². The molecule has 0 aliphatic carbocycles. The summed E-state index contributed by atoms with van der Waals surface area (Å²) in [5, 5.41) is 6.43. The van der Waals surface area contributed by atoms with Gasteiger partial charge in [-0.25, -0.2) is 8.42 Å². The molecule has 0 unspecified atom stereocenters. The average molecular weight is 501 g/mol. The second-order valence-corrected chi connectivity index (χ2v) is 8.38. The number of halogens is 1. The molecule has 0 heterocycles. The molecule has 148 valence electrons. The number of sulfone groups is 1. The lowest BCUT2D eigenvalue weighted by Crippen LogP contribution is -2.37. The molecule has 2 aromatic rings. The third-order valence-electron chi connectivity index (χ3n) is 4.15. The minimum atomic E-state index is -3.23. The second-order valence-electron chi connectivity index (χ2n) is 6.27. The number of hydrogen-bond donors (Lipinski definition) is 2. The van der Waals surface area contributed by atoms with Crippen LogP contribution in [0, 0.1) is 13.8 Å². The molecule has 0 atom stereocenters. The molecule has 0 amide bonds. The highest BCUT2D eigenvalue weighted by molar-refractivity contribution is 14.0. The predicted octanol–water partition coefficient (Wildman–Crippen LogP) is 3.45. The normalized spacial score (nSPS) is 11.6. The van der Waals surface area contributed by atoms with E-state index in [0.717, 1.165) is 0 Å². The summed E-state index contributed by atoms with van der Waals surface area (Å²) in [6.45, 7) is 5.38. The number of nitrogens with one attached hydrogen (secondary N) is 2. The molecule has 2 rings (SSSR count). The van der Waals surface area contributed by atoms with E-state index < -0.39 is 9.84 Å². The van der Waals surface area contributed by atoms with Crippen LogP contribution >= 0.6 is 24.0 Å². The summed E-state index contributed by atoms with van der Waals surface area (Å²) in [7, 11) is -1.52. The van der Waals surface area contributed by atoms with Crippen LogP contribution in [0.3, 0.4) is 0 Å². The molecular weight excluding hydrogens is 473 g/mol. The van der Waals surface area contributed by atoms with Gasteiger partial charge in [0.15, 0.2) is 15.8 Å². The third kappa shape index (κ3) is 7.50. The Balaban J connectivity index is 0.00000364. The zero-order chi connectivity index (χ0) is 19.0. The van der Waals surface area contributed by atoms with Crippen molar-refractivity contribution in [3.8, 4) is 0 Å². The van der Waals surface area contributed by atoms with E-state index in [1.807, 2.05) is 6.07 Å². The molecule has 0 radical (unpaired) electrons. The van der Waals surface area contributed by atoms with Crippen molar-refractivity contribution in [3.63, 3.8) is 0 Å². The number of guanidine groups is 1. The van der Waals surface area contributed by atoms with Gasteiger partial charge in [-0.15, -0.1) is 24.0 Å².